The zero-order valence-electron chi connectivity index (χ0n) is 8.26. The van der Waals surface area contributed by atoms with Crippen molar-refractivity contribution in [3.63, 3.8) is 0 Å². The summed E-state index contributed by atoms with van der Waals surface area (Å²) in [4.78, 5) is 11.1. The van der Waals surface area contributed by atoms with Crippen LogP contribution < -0.4 is 4.74 Å². The van der Waals surface area contributed by atoms with Gasteiger partial charge in [0, 0.05) is 6.42 Å². The maximum absolute atomic E-state index is 11.1. The monoisotopic (exact) mass is 178 g/mol. The van der Waals surface area contributed by atoms with E-state index in [1.54, 1.807) is 6.92 Å². The largest absolute Gasteiger partial charge is 0.426 e. The van der Waals surface area contributed by atoms with Crippen molar-refractivity contribution in [2.24, 2.45) is 0 Å². The fourth-order valence-corrected chi connectivity index (χ4v) is 1.15. The number of para-hydroxylation sites is 1. The Kier molecular flexibility index (Phi) is 3.07. The first-order valence-corrected chi connectivity index (χ1v) is 4.42. The second kappa shape index (κ2) is 4.08. The molecule has 0 N–H and O–H groups in total. The molecule has 1 aromatic rings. The Balaban J connectivity index is 2.93. The summed E-state index contributed by atoms with van der Waals surface area (Å²) >= 11 is 0. The van der Waals surface area contributed by atoms with Crippen molar-refractivity contribution >= 4 is 5.97 Å². The van der Waals surface area contributed by atoms with E-state index in [2.05, 4.69) is 0 Å². The van der Waals surface area contributed by atoms with Crippen LogP contribution in [0.3, 0.4) is 0 Å². The van der Waals surface area contributed by atoms with E-state index in [9.17, 15) is 4.79 Å². The maximum atomic E-state index is 11.1. The van der Waals surface area contributed by atoms with Crippen LogP contribution in [0, 0.1) is 13.8 Å². The molecule has 0 saturated carbocycles. The first kappa shape index (κ1) is 9.78. The average Bonchev–Trinajstić information content (AvgIpc) is 2.11. The summed E-state index contributed by atoms with van der Waals surface area (Å²) in [6, 6.07) is 5.82. The van der Waals surface area contributed by atoms with Gasteiger partial charge in [0.05, 0.1) is 0 Å². The Hall–Kier alpha value is -1.31. The van der Waals surface area contributed by atoms with E-state index in [-0.39, 0.29) is 5.97 Å². The zero-order valence-corrected chi connectivity index (χ0v) is 8.26. The van der Waals surface area contributed by atoms with E-state index < -0.39 is 0 Å². The molecule has 13 heavy (non-hydrogen) atoms. The standard InChI is InChI=1S/C11H14O2/c1-4-10(12)13-11-8(2)6-5-7-9(11)3/h5-7H,4H2,1-3H3. The highest BCUT2D eigenvalue weighted by Crippen LogP contribution is 2.22. The van der Waals surface area contributed by atoms with E-state index in [1.165, 1.54) is 0 Å². The van der Waals surface area contributed by atoms with Gasteiger partial charge in [-0.05, 0) is 25.0 Å². The fraction of sp³-hybridized carbons (Fsp3) is 0.364. The van der Waals surface area contributed by atoms with Crippen molar-refractivity contribution in [3.8, 4) is 5.75 Å². The molecule has 2 nitrogen and oxygen atoms in total. The van der Waals surface area contributed by atoms with Gasteiger partial charge in [0.2, 0.25) is 0 Å². The molecule has 0 radical (unpaired) electrons. The van der Waals surface area contributed by atoms with Gasteiger partial charge in [0.15, 0.2) is 0 Å². The van der Waals surface area contributed by atoms with Gasteiger partial charge < -0.3 is 4.74 Å². The predicted molar refractivity (Wildman–Crippen MR) is 51.8 cm³/mol. The van der Waals surface area contributed by atoms with Crippen molar-refractivity contribution < 1.29 is 9.53 Å². The number of hydrogen-bond donors (Lipinski definition) is 0. The minimum atomic E-state index is -0.183. The van der Waals surface area contributed by atoms with Crippen molar-refractivity contribution in [3.05, 3.63) is 29.3 Å². The van der Waals surface area contributed by atoms with Gasteiger partial charge in [-0.2, -0.15) is 0 Å². The van der Waals surface area contributed by atoms with Gasteiger partial charge in [0.25, 0.3) is 0 Å². The first-order chi connectivity index (χ1) is 6.15. The molecule has 0 aliphatic heterocycles. The highest BCUT2D eigenvalue weighted by molar-refractivity contribution is 5.72. The molecular weight excluding hydrogens is 164 g/mol. The SMILES string of the molecule is CCC(=O)Oc1c(C)cccc1C. The first-order valence-electron chi connectivity index (χ1n) is 4.42. The minimum Gasteiger partial charge on any atom is -0.426 e. The van der Waals surface area contributed by atoms with E-state index in [4.69, 9.17) is 4.74 Å². The van der Waals surface area contributed by atoms with Crippen molar-refractivity contribution in [2.75, 3.05) is 0 Å². The molecule has 0 amide bonds. The van der Waals surface area contributed by atoms with Gasteiger partial charge in [0.1, 0.15) is 5.75 Å². The van der Waals surface area contributed by atoms with Crippen molar-refractivity contribution in [1.29, 1.82) is 0 Å². The Bertz CT molecular complexity index is 296. The summed E-state index contributed by atoms with van der Waals surface area (Å²) in [6.45, 7) is 5.66. The molecule has 0 aromatic heterocycles. The Morgan fingerprint density at radius 2 is 1.85 bits per heavy atom. The lowest BCUT2D eigenvalue weighted by Gasteiger charge is -2.08. The summed E-state index contributed by atoms with van der Waals surface area (Å²) in [5.74, 6) is 0.520. The Morgan fingerprint density at radius 1 is 1.31 bits per heavy atom. The van der Waals surface area contributed by atoms with Crippen LogP contribution in [-0.4, -0.2) is 5.97 Å². The number of hydrogen-bond acceptors (Lipinski definition) is 2. The maximum Gasteiger partial charge on any atom is 0.310 e. The smallest absolute Gasteiger partial charge is 0.310 e. The van der Waals surface area contributed by atoms with Crippen LogP contribution in [0.5, 0.6) is 5.75 Å². The van der Waals surface area contributed by atoms with Crippen LogP contribution in [0.15, 0.2) is 18.2 Å². The third-order valence-corrected chi connectivity index (χ3v) is 1.91. The van der Waals surface area contributed by atoms with Gasteiger partial charge in [-0.3, -0.25) is 4.79 Å². The van der Waals surface area contributed by atoms with Crippen molar-refractivity contribution in [1.82, 2.24) is 0 Å². The van der Waals surface area contributed by atoms with Crippen LogP contribution in [0.2, 0.25) is 0 Å². The summed E-state index contributed by atoms with van der Waals surface area (Å²) < 4.78 is 5.19. The molecule has 1 rings (SSSR count). The molecule has 0 saturated heterocycles. The third kappa shape index (κ3) is 2.31. The number of carbonyl (C=O) groups is 1. The van der Waals surface area contributed by atoms with Gasteiger partial charge in [-0.25, -0.2) is 0 Å². The van der Waals surface area contributed by atoms with Crippen LogP contribution in [0.1, 0.15) is 24.5 Å². The van der Waals surface area contributed by atoms with Gasteiger partial charge in [-0.15, -0.1) is 0 Å². The summed E-state index contributed by atoms with van der Waals surface area (Å²) in [7, 11) is 0. The molecule has 0 unspecified atom stereocenters. The molecule has 0 atom stereocenters. The molecular formula is C11H14O2. The minimum absolute atomic E-state index is 0.183. The highest BCUT2D eigenvalue weighted by Gasteiger charge is 2.06. The van der Waals surface area contributed by atoms with Crippen LogP contribution >= 0.6 is 0 Å². The van der Waals surface area contributed by atoms with Crippen molar-refractivity contribution in [2.45, 2.75) is 27.2 Å². The second-order valence-electron chi connectivity index (χ2n) is 3.05. The van der Waals surface area contributed by atoms with E-state index in [0.29, 0.717) is 12.2 Å². The van der Waals surface area contributed by atoms with Crippen LogP contribution in [0.25, 0.3) is 0 Å². The third-order valence-electron chi connectivity index (χ3n) is 1.91. The fourth-order valence-electron chi connectivity index (χ4n) is 1.15. The summed E-state index contributed by atoms with van der Waals surface area (Å²) in [5.41, 5.74) is 2.00. The topological polar surface area (TPSA) is 26.3 Å². The number of benzene rings is 1. The molecule has 0 bridgehead atoms. The average molecular weight is 178 g/mol. The van der Waals surface area contributed by atoms with Gasteiger partial charge in [-0.1, -0.05) is 25.1 Å². The highest BCUT2D eigenvalue weighted by atomic mass is 16.5. The lowest BCUT2D eigenvalue weighted by Crippen LogP contribution is -2.07. The number of esters is 1. The number of rotatable bonds is 2. The zero-order chi connectivity index (χ0) is 9.84. The lowest BCUT2D eigenvalue weighted by molar-refractivity contribution is -0.134. The summed E-state index contributed by atoms with van der Waals surface area (Å²) in [5, 5.41) is 0. The number of carbonyl (C=O) groups excluding carboxylic acids is 1. The lowest BCUT2D eigenvalue weighted by atomic mass is 10.1. The predicted octanol–water partition coefficient (Wildman–Crippen LogP) is 2.62. The number of aryl methyl sites for hydroxylation is 2. The molecule has 70 valence electrons. The molecule has 0 heterocycles. The molecule has 0 aliphatic rings. The summed E-state index contributed by atoms with van der Waals surface area (Å²) in [6.07, 6.45) is 0.410. The Labute approximate surface area is 78.5 Å². The van der Waals surface area contributed by atoms with E-state index in [0.717, 1.165) is 11.1 Å². The molecule has 1 aromatic carbocycles. The molecule has 0 aliphatic carbocycles. The van der Waals surface area contributed by atoms with Crippen LogP contribution in [-0.2, 0) is 4.79 Å². The normalized spacial score (nSPS) is 9.77. The molecule has 2 heteroatoms. The van der Waals surface area contributed by atoms with Crippen LogP contribution in [0.4, 0.5) is 0 Å². The number of ether oxygens (including phenoxy) is 1. The molecule has 0 spiro atoms. The Morgan fingerprint density at radius 3 is 2.31 bits per heavy atom. The second-order valence-corrected chi connectivity index (χ2v) is 3.05. The van der Waals surface area contributed by atoms with E-state index >= 15 is 0 Å². The van der Waals surface area contributed by atoms with E-state index in [1.807, 2.05) is 32.0 Å². The quantitative estimate of drug-likeness (QED) is 0.514. The molecule has 0 fully saturated rings. The van der Waals surface area contributed by atoms with Gasteiger partial charge >= 0.3 is 5.97 Å².